The van der Waals surface area contributed by atoms with Crippen molar-refractivity contribution in [1.82, 2.24) is 4.72 Å². The Labute approximate surface area is 132 Å². The predicted molar refractivity (Wildman–Crippen MR) is 89.1 cm³/mol. The van der Waals surface area contributed by atoms with Gasteiger partial charge in [0.1, 0.15) is 0 Å². The molecule has 0 amide bonds. The van der Waals surface area contributed by atoms with Gasteiger partial charge < -0.3 is 0 Å². The summed E-state index contributed by atoms with van der Waals surface area (Å²) in [4.78, 5) is 0. The molecule has 0 radical (unpaired) electrons. The molecule has 0 aromatic heterocycles. The fraction of sp³-hybridized carbons (Fsp3) is 0.333. The molecular formula is C18H21NO2S. The molecule has 0 fully saturated rings. The molecule has 3 rings (SSSR count). The molecule has 1 aliphatic rings. The number of rotatable bonds is 4. The van der Waals surface area contributed by atoms with E-state index in [4.69, 9.17) is 0 Å². The molecule has 1 aliphatic carbocycles. The zero-order valence-electron chi connectivity index (χ0n) is 12.7. The Hall–Kier alpha value is -1.65. The van der Waals surface area contributed by atoms with Crippen molar-refractivity contribution in [2.24, 2.45) is 0 Å². The molecule has 0 spiro atoms. The first kappa shape index (κ1) is 15.3. The van der Waals surface area contributed by atoms with Crippen LogP contribution in [0, 0.1) is 6.92 Å². The van der Waals surface area contributed by atoms with Crippen molar-refractivity contribution < 1.29 is 8.42 Å². The smallest absolute Gasteiger partial charge is 0.212 e. The van der Waals surface area contributed by atoms with Gasteiger partial charge in [-0.2, -0.15) is 0 Å². The Morgan fingerprint density at radius 2 is 1.82 bits per heavy atom. The van der Waals surface area contributed by atoms with Crippen molar-refractivity contribution in [3.05, 3.63) is 70.8 Å². The minimum atomic E-state index is -3.34. The first-order chi connectivity index (χ1) is 10.5. The number of hydrogen-bond donors (Lipinski definition) is 1. The monoisotopic (exact) mass is 315 g/mol. The zero-order chi connectivity index (χ0) is 15.6. The van der Waals surface area contributed by atoms with E-state index in [1.54, 1.807) is 0 Å². The molecule has 1 N–H and O–H groups in total. The summed E-state index contributed by atoms with van der Waals surface area (Å²) in [6.45, 7) is 2.00. The molecule has 3 nitrogen and oxygen atoms in total. The molecule has 116 valence electrons. The molecule has 0 saturated carbocycles. The van der Waals surface area contributed by atoms with E-state index in [0.29, 0.717) is 0 Å². The van der Waals surface area contributed by atoms with E-state index in [9.17, 15) is 8.42 Å². The quantitative estimate of drug-likeness (QED) is 0.938. The van der Waals surface area contributed by atoms with Gasteiger partial charge in [-0.1, -0.05) is 54.1 Å². The van der Waals surface area contributed by atoms with E-state index < -0.39 is 10.0 Å². The van der Waals surface area contributed by atoms with Gasteiger partial charge in [0.2, 0.25) is 10.0 Å². The second-order valence-corrected chi connectivity index (χ2v) is 7.76. The normalized spacial score (nSPS) is 18.0. The Kier molecular flexibility index (Phi) is 4.32. The second-order valence-electron chi connectivity index (χ2n) is 6.01. The van der Waals surface area contributed by atoms with Crippen molar-refractivity contribution in [3.63, 3.8) is 0 Å². The van der Waals surface area contributed by atoms with Crippen LogP contribution in [0.4, 0.5) is 0 Å². The molecular weight excluding hydrogens is 294 g/mol. The molecule has 0 unspecified atom stereocenters. The van der Waals surface area contributed by atoms with Gasteiger partial charge in [-0.05, 0) is 42.9 Å². The molecule has 0 saturated heterocycles. The van der Waals surface area contributed by atoms with Gasteiger partial charge in [0.05, 0.1) is 5.75 Å². The highest BCUT2D eigenvalue weighted by atomic mass is 32.2. The molecule has 1 atom stereocenters. The molecule has 2 aromatic carbocycles. The lowest BCUT2D eigenvalue weighted by molar-refractivity contribution is 0.507. The Bertz CT molecular complexity index is 751. The lowest BCUT2D eigenvalue weighted by Gasteiger charge is -2.26. The summed E-state index contributed by atoms with van der Waals surface area (Å²) in [7, 11) is -3.34. The maximum absolute atomic E-state index is 12.5. The largest absolute Gasteiger partial charge is 0.216 e. The second kappa shape index (κ2) is 6.23. The highest BCUT2D eigenvalue weighted by Gasteiger charge is 2.24. The van der Waals surface area contributed by atoms with Crippen LogP contribution in [0.2, 0.25) is 0 Å². The first-order valence-corrected chi connectivity index (χ1v) is 9.32. The van der Waals surface area contributed by atoms with Crippen molar-refractivity contribution >= 4 is 10.0 Å². The Morgan fingerprint density at radius 3 is 2.59 bits per heavy atom. The Morgan fingerprint density at radius 1 is 1.09 bits per heavy atom. The summed E-state index contributed by atoms with van der Waals surface area (Å²) in [6, 6.07) is 15.7. The molecule has 2 aromatic rings. The fourth-order valence-corrected chi connectivity index (χ4v) is 4.43. The van der Waals surface area contributed by atoms with Gasteiger partial charge >= 0.3 is 0 Å². The van der Waals surface area contributed by atoms with Crippen LogP contribution in [0.3, 0.4) is 0 Å². The Balaban J connectivity index is 1.76. The molecule has 0 bridgehead atoms. The summed E-state index contributed by atoms with van der Waals surface area (Å²) in [6.07, 6.45) is 2.92. The fourth-order valence-electron chi connectivity index (χ4n) is 3.04. The van der Waals surface area contributed by atoms with Gasteiger partial charge in [0.15, 0.2) is 0 Å². The van der Waals surface area contributed by atoms with Crippen LogP contribution in [0.1, 0.15) is 41.1 Å². The first-order valence-electron chi connectivity index (χ1n) is 7.67. The van der Waals surface area contributed by atoms with Crippen molar-refractivity contribution in [2.45, 2.75) is 38.0 Å². The van der Waals surface area contributed by atoms with Crippen LogP contribution in [-0.2, 0) is 22.2 Å². The third-order valence-corrected chi connectivity index (χ3v) is 5.53. The molecule has 0 heterocycles. The van der Waals surface area contributed by atoms with Crippen LogP contribution < -0.4 is 4.72 Å². The zero-order valence-corrected chi connectivity index (χ0v) is 13.6. The standard InChI is InChI=1S/C18H21NO2S/c1-14-9-11-15(12-10-14)13-22(20,21)19-18-8-4-6-16-5-2-3-7-17(16)18/h2-3,5,7,9-12,18-19H,4,6,8,13H2,1H3/t18-/m1/s1. The van der Waals surface area contributed by atoms with Crippen LogP contribution in [-0.4, -0.2) is 8.42 Å². The lowest BCUT2D eigenvalue weighted by Crippen LogP contribution is -2.31. The van der Waals surface area contributed by atoms with E-state index >= 15 is 0 Å². The molecule has 0 aliphatic heterocycles. The average Bonchev–Trinajstić information content (AvgIpc) is 2.49. The SMILES string of the molecule is Cc1ccc(CS(=O)(=O)N[C@@H]2CCCc3ccccc32)cc1. The van der Waals surface area contributed by atoms with Gasteiger partial charge in [0.25, 0.3) is 0 Å². The topological polar surface area (TPSA) is 46.2 Å². The average molecular weight is 315 g/mol. The highest BCUT2D eigenvalue weighted by Crippen LogP contribution is 2.30. The number of nitrogens with one attached hydrogen (secondary N) is 1. The predicted octanol–water partition coefficient (Wildman–Crippen LogP) is 3.49. The number of hydrogen-bond acceptors (Lipinski definition) is 2. The molecule has 4 heteroatoms. The summed E-state index contributed by atoms with van der Waals surface area (Å²) < 4.78 is 27.8. The number of aryl methyl sites for hydroxylation is 2. The maximum Gasteiger partial charge on any atom is 0.216 e. The minimum absolute atomic E-state index is 0.0337. The highest BCUT2D eigenvalue weighted by molar-refractivity contribution is 7.88. The van der Waals surface area contributed by atoms with Crippen LogP contribution >= 0.6 is 0 Å². The van der Waals surface area contributed by atoms with Crippen molar-refractivity contribution in [1.29, 1.82) is 0 Å². The summed E-state index contributed by atoms with van der Waals surface area (Å²) >= 11 is 0. The summed E-state index contributed by atoms with van der Waals surface area (Å²) in [5, 5.41) is 0. The maximum atomic E-state index is 12.5. The van der Waals surface area contributed by atoms with Gasteiger partial charge in [-0.3, -0.25) is 0 Å². The summed E-state index contributed by atoms with van der Waals surface area (Å²) in [5.74, 6) is 0.0337. The van der Waals surface area contributed by atoms with E-state index in [2.05, 4.69) is 10.8 Å². The third kappa shape index (κ3) is 3.57. The minimum Gasteiger partial charge on any atom is -0.212 e. The van der Waals surface area contributed by atoms with E-state index in [1.165, 1.54) is 5.56 Å². The number of fused-ring (bicyclic) bond motifs is 1. The van der Waals surface area contributed by atoms with Crippen molar-refractivity contribution in [3.8, 4) is 0 Å². The van der Waals surface area contributed by atoms with Crippen LogP contribution in [0.5, 0.6) is 0 Å². The van der Waals surface area contributed by atoms with Gasteiger partial charge in [0, 0.05) is 6.04 Å². The van der Waals surface area contributed by atoms with E-state index in [0.717, 1.165) is 36.0 Å². The molecule has 22 heavy (non-hydrogen) atoms. The van der Waals surface area contributed by atoms with Gasteiger partial charge in [-0.15, -0.1) is 0 Å². The lowest BCUT2D eigenvalue weighted by atomic mass is 9.88. The van der Waals surface area contributed by atoms with E-state index in [-0.39, 0.29) is 11.8 Å². The number of sulfonamides is 1. The number of benzene rings is 2. The third-order valence-electron chi connectivity index (χ3n) is 4.17. The van der Waals surface area contributed by atoms with Gasteiger partial charge in [-0.25, -0.2) is 13.1 Å². The van der Waals surface area contributed by atoms with Crippen molar-refractivity contribution in [2.75, 3.05) is 0 Å². The van der Waals surface area contributed by atoms with Crippen LogP contribution in [0.25, 0.3) is 0 Å². The summed E-state index contributed by atoms with van der Waals surface area (Å²) in [5.41, 5.74) is 4.34. The van der Waals surface area contributed by atoms with Crippen LogP contribution in [0.15, 0.2) is 48.5 Å². The van der Waals surface area contributed by atoms with E-state index in [1.807, 2.05) is 49.4 Å².